The molecule has 1 heterocycles. The number of carbonyl (C=O) groups is 2. The summed E-state index contributed by atoms with van der Waals surface area (Å²) < 4.78 is 0. The fourth-order valence-corrected chi connectivity index (χ4v) is 2.04. The van der Waals surface area contributed by atoms with Crippen molar-refractivity contribution in [3.8, 4) is 0 Å². The molecule has 2 rings (SSSR count). The van der Waals surface area contributed by atoms with E-state index in [1.165, 1.54) is 5.56 Å². The molecule has 1 saturated heterocycles. The zero-order valence-electron chi connectivity index (χ0n) is 10.1. The van der Waals surface area contributed by atoms with Crippen molar-refractivity contribution in [3.63, 3.8) is 0 Å². The van der Waals surface area contributed by atoms with E-state index in [4.69, 9.17) is 5.73 Å². The van der Waals surface area contributed by atoms with Gasteiger partial charge in [0.05, 0.1) is 5.92 Å². The van der Waals surface area contributed by atoms with Crippen molar-refractivity contribution in [1.29, 1.82) is 0 Å². The molecule has 1 aromatic rings. The number of aryl methyl sites for hydroxylation is 2. The SMILES string of the molecule is Cc1ccc(N2C[C@H](C(N)=O)CC2=O)cc1C. The molecule has 0 spiro atoms. The van der Waals surface area contributed by atoms with Gasteiger partial charge in [0.15, 0.2) is 0 Å². The molecule has 17 heavy (non-hydrogen) atoms. The van der Waals surface area contributed by atoms with Crippen LogP contribution in [0.5, 0.6) is 0 Å². The summed E-state index contributed by atoms with van der Waals surface area (Å²) in [6, 6.07) is 5.86. The van der Waals surface area contributed by atoms with Gasteiger partial charge in [-0.05, 0) is 37.1 Å². The van der Waals surface area contributed by atoms with Gasteiger partial charge in [-0.15, -0.1) is 0 Å². The fraction of sp³-hybridized carbons (Fsp3) is 0.385. The zero-order chi connectivity index (χ0) is 12.6. The Kier molecular flexibility index (Phi) is 2.88. The molecular weight excluding hydrogens is 216 g/mol. The van der Waals surface area contributed by atoms with Gasteiger partial charge in [0.25, 0.3) is 0 Å². The normalized spacial score (nSPS) is 19.8. The fourth-order valence-electron chi connectivity index (χ4n) is 2.04. The van der Waals surface area contributed by atoms with Crippen molar-refractivity contribution in [2.24, 2.45) is 11.7 Å². The molecule has 4 heteroatoms. The third-order valence-electron chi connectivity index (χ3n) is 3.33. The van der Waals surface area contributed by atoms with Gasteiger partial charge in [-0.2, -0.15) is 0 Å². The van der Waals surface area contributed by atoms with Crippen LogP contribution in [0.2, 0.25) is 0 Å². The lowest BCUT2D eigenvalue weighted by Crippen LogP contribution is -2.28. The van der Waals surface area contributed by atoms with E-state index in [9.17, 15) is 9.59 Å². The van der Waals surface area contributed by atoms with Crippen LogP contribution in [0.3, 0.4) is 0 Å². The topological polar surface area (TPSA) is 63.4 Å². The highest BCUT2D eigenvalue weighted by molar-refractivity contribution is 6.00. The Labute approximate surface area is 100 Å². The van der Waals surface area contributed by atoms with Gasteiger partial charge in [0.2, 0.25) is 11.8 Å². The van der Waals surface area contributed by atoms with Gasteiger partial charge in [0, 0.05) is 18.7 Å². The molecule has 2 amide bonds. The maximum absolute atomic E-state index is 11.8. The number of nitrogens with zero attached hydrogens (tertiary/aromatic N) is 1. The van der Waals surface area contributed by atoms with Crippen LogP contribution < -0.4 is 10.6 Å². The Bertz CT molecular complexity index is 482. The summed E-state index contributed by atoms with van der Waals surface area (Å²) in [6.07, 6.45) is 0.224. The molecule has 1 aliphatic heterocycles. The molecule has 0 aromatic heterocycles. The molecule has 1 aliphatic rings. The quantitative estimate of drug-likeness (QED) is 0.831. The van der Waals surface area contributed by atoms with E-state index >= 15 is 0 Å². The van der Waals surface area contributed by atoms with E-state index in [1.54, 1.807) is 4.90 Å². The summed E-state index contributed by atoms with van der Waals surface area (Å²) in [6.45, 7) is 4.43. The molecule has 0 radical (unpaired) electrons. The molecule has 0 saturated carbocycles. The Morgan fingerprint density at radius 1 is 1.35 bits per heavy atom. The molecule has 0 unspecified atom stereocenters. The highest BCUT2D eigenvalue weighted by Gasteiger charge is 2.33. The molecule has 90 valence electrons. The number of primary amides is 1. The third kappa shape index (κ3) is 2.16. The van der Waals surface area contributed by atoms with Crippen molar-refractivity contribution in [2.45, 2.75) is 20.3 Å². The monoisotopic (exact) mass is 232 g/mol. The van der Waals surface area contributed by atoms with Gasteiger partial charge < -0.3 is 10.6 Å². The highest BCUT2D eigenvalue weighted by Crippen LogP contribution is 2.26. The van der Waals surface area contributed by atoms with E-state index in [0.717, 1.165) is 11.3 Å². The van der Waals surface area contributed by atoms with Crippen LogP contribution in [0.4, 0.5) is 5.69 Å². The van der Waals surface area contributed by atoms with E-state index in [0.29, 0.717) is 6.54 Å². The van der Waals surface area contributed by atoms with Crippen LogP contribution in [-0.4, -0.2) is 18.4 Å². The van der Waals surface area contributed by atoms with E-state index in [2.05, 4.69) is 0 Å². The second kappa shape index (κ2) is 4.20. The number of carbonyl (C=O) groups excluding carboxylic acids is 2. The summed E-state index contributed by atoms with van der Waals surface area (Å²) in [4.78, 5) is 24.5. The number of amides is 2. The molecular formula is C13H16N2O2. The van der Waals surface area contributed by atoms with Gasteiger partial charge >= 0.3 is 0 Å². The average Bonchev–Trinajstić information content (AvgIpc) is 2.65. The average molecular weight is 232 g/mol. The minimum Gasteiger partial charge on any atom is -0.369 e. The Hall–Kier alpha value is -1.84. The number of anilines is 1. The van der Waals surface area contributed by atoms with Crippen molar-refractivity contribution in [1.82, 2.24) is 0 Å². The van der Waals surface area contributed by atoms with Crippen molar-refractivity contribution < 1.29 is 9.59 Å². The predicted octanol–water partition coefficient (Wildman–Crippen LogP) is 1.14. The van der Waals surface area contributed by atoms with Crippen molar-refractivity contribution >= 4 is 17.5 Å². The largest absolute Gasteiger partial charge is 0.369 e. The summed E-state index contributed by atoms with van der Waals surface area (Å²) >= 11 is 0. The lowest BCUT2D eigenvalue weighted by molar-refractivity contribution is -0.123. The molecule has 1 atom stereocenters. The van der Waals surface area contributed by atoms with Gasteiger partial charge in [0.1, 0.15) is 0 Å². The number of hydrogen-bond donors (Lipinski definition) is 1. The van der Waals surface area contributed by atoms with Crippen LogP contribution in [0, 0.1) is 19.8 Å². The van der Waals surface area contributed by atoms with Crippen LogP contribution in [-0.2, 0) is 9.59 Å². The number of nitrogens with two attached hydrogens (primary N) is 1. The van der Waals surface area contributed by atoms with Crippen molar-refractivity contribution in [2.75, 3.05) is 11.4 Å². The number of rotatable bonds is 2. The van der Waals surface area contributed by atoms with Crippen LogP contribution in [0.1, 0.15) is 17.5 Å². The summed E-state index contributed by atoms with van der Waals surface area (Å²) in [5.41, 5.74) is 8.41. The molecule has 0 aliphatic carbocycles. The molecule has 2 N–H and O–H groups in total. The Morgan fingerprint density at radius 2 is 2.06 bits per heavy atom. The van der Waals surface area contributed by atoms with Crippen LogP contribution in [0.15, 0.2) is 18.2 Å². The lowest BCUT2D eigenvalue weighted by Gasteiger charge is -2.17. The van der Waals surface area contributed by atoms with Gasteiger partial charge in [-0.1, -0.05) is 6.07 Å². The maximum Gasteiger partial charge on any atom is 0.227 e. The van der Waals surface area contributed by atoms with Crippen LogP contribution in [0.25, 0.3) is 0 Å². The second-order valence-corrected chi connectivity index (χ2v) is 4.58. The minimum atomic E-state index is -0.398. The molecule has 4 nitrogen and oxygen atoms in total. The zero-order valence-corrected chi connectivity index (χ0v) is 10.1. The van der Waals surface area contributed by atoms with Crippen molar-refractivity contribution in [3.05, 3.63) is 29.3 Å². The second-order valence-electron chi connectivity index (χ2n) is 4.58. The van der Waals surface area contributed by atoms with Crippen LogP contribution >= 0.6 is 0 Å². The third-order valence-corrected chi connectivity index (χ3v) is 3.33. The Morgan fingerprint density at radius 3 is 2.59 bits per heavy atom. The van der Waals surface area contributed by atoms with Gasteiger partial charge in [-0.25, -0.2) is 0 Å². The van der Waals surface area contributed by atoms with E-state index in [-0.39, 0.29) is 18.2 Å². The lowest BCUT2D eigenvalue weighted by atomic mass is 10.1. The summed E-state index contributed by atoms with van der Waals surface area (Å²) in [5.74, 6) is -0.786. The smallest absolute Gasteiger partial charge is 0.227 e. The highest BCUT2D eigenvalue weighted by atomic mass is 16.2. The first-order valence-corrected chi connectivity index (χ1v) is 5.66. The van der Waals surface area contributed by atoms with E-state index in [1.807, 2.05) is 32.0 Å². The molecule has 1 fully saturated rings. The maximum atomic E-state index is 11.8. The first-order chi connectivity index (χ1) is 7.99. The summed E-state index contributed by atoms with van der Waals surface area (Å²) in [5, 5.41) is 0. The minimum absolute atomic E-state index is 0.0305. The first kappa shape index (κ1) is 11.6. The first-order valence-electron chi connectivity index (χ1n) is 5.66. The van der Waals surface area contributed by atoms with Gasteiger partial charge in [-0.3, -0.25) is 9.59 Å². The predicted molar refractivity (Wildman–Crippen MR) is 65.6 cm³/mol. The molecule has 0 bridgehead atoms. The molecule has 1 aromatic carbocycles. The number of benzene rings is 1. The van der Waals surface area contributed by atoms with E-state index < -0.39 is 5.91 Å². The Balaban J connectivity index is 2.26. The standard InChI is InChI=1S/C13H16N2O2/c1-8-3-4-11(5-9(8)2)15-7-10(13(14)17)6-12(15)16/h3-5,10H,6-7H2,1-2H3,(H2,14,17)/t10-/m1/s1. The number of hydrogen-bond acceptors (Lipinski definition) is 2. The summed E-state index contributed by atoms with van der Waals surface area (Å²) in [7, 11) is 0.